The molecule has 2 aromatic carbocycles. The van der Waals surface area contributed by atoms with Crippen LogP contribution in [0.3, 0.4) is 0 Å². The van der Waals surface area contributed by atoms with Gasteiger partial charge in [-0.15, -0.1) is 11.3 Å². The summed E-state index contributed by atoms with van der Waals surface area (Å²) in [6.45, 7) is 6.01. The number of ketones is 1. The van der Waals surface area contributed by atoms with E-state index < -0.39 is 10.0 Å². The number of nitrogens with zero attached hydrogens (tertiary/aromatic N) is 3. The van der Waals surface area contributed by atoms with E-state index in [0.29, 0.717) is 37.4 Å². The number of thiazole rings is 1. The first-order valence-corrected chi connectivity index (χ1v) is 13.3. The first-order valence-electron chi connectivity index (χ1n) is 10.9. The lowest BCUT2D eigenvalue weighted by molar-refractivity contribution is -0.130. The van der Waals surface area contributed by atoms with E-state index in [1.165, 1.54) is 0 Å². The molecule has 8 nitrogen and oxygen atoms in total. The van der Waals surface area contributed by atoms with Gasteiger partial charge >= 0.3 is 0 Å². The molecular weight excluding hydrogens is 472 g/mol. The van der Waals surface area contributed by atoms with Gasteiger partial charge in [0.2, 0.25) is 5.91 Å². The Morgan fingerprint density at radius 2 is 1.65 bits per heavy atom. The van der Waals surface area contributed by atoms with Gasteiger partial charge in [-0.3, -0.25) is 14.3 Å². The molecular formula is C24H26N4O4S2. The van der Waals surface area contributed by atoms with Crippen molar-refractivity contribution in [2.45, 2.75) is 25.2 Å². The summed E-state index contributed by atoms with van der Waals surface area (Å²) in [5.74, 6) is -0.0000636. The van der Waals surface area contributed by atoms with E-state index in [9.17, 15) is 18.0 Å². The Labute approximate surface area is 203 Å². The highest BCUT2D eigenvalue weighted by Crippen LogP contribution is 2.22. The van der Waals surface area contributed by atoms with Gasteiger partial charge in [0.1, 0.15) is 0 Å². The third-order valence-corrected chi connectivity index (χ3v) is 8.00. The van der Waals surface area contributed by atoms with Crippen molar-refractivity contribution >= 4 is 43.9 Å². The van der Waals surface area contributed by atoms with E-state index in [0.717, 1.165) is 22.6 Å². The molecule has 1 aliphatic rings. The van der Waals surface area contributed by atoms with Crippen LogP contribution in [0.2, 0.25) is 0 Å². The van der Waals surface area contributed by atoms with Crippen molar-refractivity contribution in [1.29, 1.82) is 0 Å². The van der Waals surface area contributed by atoms with Gasteiger partial charge in [0.05, 0.1) is 17.0 Å². The third kappa shape index (κ3) is 5.63. The number of aromatic nitrogens is 1. The molecule has 34 heavy (non-hydrogen) atoms. The van der Waals surface area contributed by atoms with E-state index in [1.807, 2.05) is 31.2 Å². The number of piperazine rings is 1. The summed E-state index contributed by atoms with van der Waals surface area (Å²) < 4.78 is 27.6. The number of Topliss-reactive ketones (excluding diaryl/α,β-unsaturated/α-hetero) is 1. The number of carbonyl (C=O) groups excluding carboxylic acids is 2. The minimum absolute atomic E-state index is 0.0371. The summed E-state index contributed by atoms with van der Waals surface area (Å²) in [7, 11) is -3.73. The number of rotatable bonds is 7. The van der Waals surface area contributed by atoms with Crippen molar-refractivity contribution in [3.63, 3.8) is 0 Å². The number of amides is 1. The van der Waals surface area contributed by atoms with Crippen molar-refractivity contribution in [3.05, 3.63) is 70.7 Å². The molecule has 1 aliphatic heterocycles. The molecule has 0 unspecified atom stereocenters. The number of carbonyl (C=O) groups is 2. The highest BCUT2D eigenvalue weighted by atomic mass is 32.2. The molecule has 0 atom stereocenters. The molecule has 3 aromatic rings. The predicted molar refractivity (Wildman–Crippen MR) is 133 cm³/mol. The van der Waals surface area contributed by atoms with E-state index >= 15 is 0 Å². The fourth-order valence-electron chi connectivity index (χ4n) is 3.71. The summed E-state index contributed by atoms with van der Waals surface area (Å²) in [6, 6.07) is 14.1. The van der Waals surface area contributed by atoms with Crippen molar-refractivity contribution in [2.24, 2.45) is 0 Å². The second-order valence-electron chi connectivity index (χ2n) is 8.21. The van der Waals surface area contributed by atoms with Gasteiger partial charge in [-0.05, 0) is 50.2 Å². The van der Waals surface area contributed by atoms with Crippen LogP contribution in [0.15, 0.2) is 58.8 Å². The Morgan fingerprint density at radius 1 is 1.00 bits per heavy atom. The zero-order chi connectivity index (χ0) is 24.3. The topological polar surface area (TPSA) is 99.7 Å². The second-order valence-corrected chi connectivity index (χ2v) is 10.8. The number of benzene rings is 2. The largest absolute Gasteiger partial charge is 0.368 e. The van der Waals surface area contributed by atoms with Crippen LogP contribution < -0.4 is 9.62 Å². The van der Waals surface area contributed by atoms with Crippen LogP contribution in [0.1, 0.15) is 28.5 Å². The molecule has 4 rings (SSSR count). The lowest BCUT2D eigenvalue weighted by Crippen LogP contribution is -2.49. The molecule has 0 bridgehead atoms. The number of aryl methyl sites for hydroxylation is 1. The van der Waals surface area contributed by atoms with Gasteiger partial charge in [-0.25, -0.2) is 13.4 Å². The number of sulfonamides is 1. The summed E-state index contributed by atoms with van der Waals surface area (Å²) in [5, 5.41) is 1.94. The summed E-state index contributed by atoms with van der Waals surface area (Å²) in [6.07, 6.45) is 0.121. The van der Waals surface area contributed by atoms with Gasteiger partial charge in [-0.2, -0.15) is 0 Å². The number of nitrogens with one attached hydrogen (secondary N) is 1. The van der Waals surface area contributed by atoms with E-state index in [-0.39, 0.29) is 28.1 Å². The number of hydrogen-bond donors (Lipinski definition) is 1. The third-order valence-electron chi connectivity index (χ3n) is 5.71. The molecule has 0 aliphatic carbocycles. The average Bonchev–Trinajstić information content (AvgIpc) is 3.25. The standard InChI is InChI=1S/C24H26N4O4S2/c1-17-3-9-22(10-4-17)34(31,32)26-24-25-20(16-33-24)15-23(30)28-13-11-27(12-14-28)21-7-5-19(6-8-21)18(2)29/h3-10,16H,11-15H2,1-2H3,(H,25,26). The highest BCUT2D eigenvalue weighted by Gasteiger charge is 2.23. The Hall–Kier alpha value is -3.24. The SMILES string of the molecule is CC(=O)c1ccc(N2CCN(C(=O)Cc3csc(NS(=O)(=O)c4ccc(C)cc4)n3)CC2)cc1. The van der Waals surface area contributed by atoms with E-state index in [2.05, 4.69) is 14.6 Å². The maximum atomic E-state index is 12.8. The molecule has 178 valence electrons. The molecule has 0 spiro atoms. The molecule has 1 saturated heterocycles. The quantitative estimate of drug-likeness (QED) is 0.502. The maximum absolute atomic E-state index is 12.8. The Balaban J connectivity index is 1.31. The minimum Gasteiger partial charge on any atom is -0.368 e. The van der Waals surface area contributed by atoms with Crippen LogP contribution in [0.25, 0.3) is 0 Å². The van der Waals surface area contributed by atoms with Crippen LogP contribution in [0.4, 0.5) is 10.8 Å². The summed E-state index contributed by atoms with van der Waals surface area (Å²) in [5.41, 5.74) is 3.23. The van der Waals surface area contributed by atoms with E-state index in [1.54, 1.807) is 41.5 Å². The molecule has 1 amide bonds. The molecule has 1 fully saturated rings. The van der Waals surface area contributed by atoms with Crippen LogP contribution >= 0.6 is 11.3 Å². The lowest BCUT2D eigenvalue weighted by Gasteiger charge is -2.36. The smallest absolute Gasteiger partial charge is 0.263 e. The number of anilines is 2. The molecule has 1 aromatic heterocycles. The lowest BCUT2D eigenvalue weighted by atomic mass is 10.1. The second kappa shape index (κ2) is 9.94. The van der Waals surface area contributed by atoms with E-state index in [4.69, 9.17) is 0 Å². The van der Waals surface area contributed by atoms with Crippen LogP contribution in [-0.4, -0.2) is 56.2 Å². The Bertz CT molecular complexity index is 1280. The van der Waals surface area contributed by atoms with Gasteiger partial charge in [-0.1, -0.05) is 17.7 Å². The molecule has 10 heteroatoms. The summed E-state index contributed by atoms with van der Waals surface area (Å²) >= 11 is 1.16. The maximum Gasteiger partial charge on any atom is 0.263 e. The van der Waals surface area contributed by atoms with Gasteiger partial charge in [0, 0.05) is 42.8 Å². The van der Waals surface area contributed by atoms with Crippen molar-refractivity contribution in [3.8, 4) is 0 Å². The number of hydrogen-bond acceptors (Lipinski definition) is 7. The van der Waals surface area contributed by atoms with Crippen LogP contribution in [-0.2, 0) is 21.2 Å². The Morgan fingerprint density at radius 3 is 2.26 bits per heavy atom. The van der Waals surface area contributed by atoms with Crippen LogP contribution in [0, 0.1) is 6.92 Å². The van der Waals surface area contributed by atoms with Gasteiger partial charge < -0.3 is 9.80 Å². The fourth-order valence-corrected chi connectivity index (χ4v) is 5.68. The minimum atomic E-state index is -3.73. The molecule has 0 radical (unpaired) electrons. The molecule has 2 heterocycles. The predicted octanol–water partition coefficient (Wildman–Crippen LogP) is 3.35. The molecule has 1 N–H and O–H groups in total. The zero-order valence-electron chi connectivity index (χ0n) is 19.0. The Kier molecular flexibility index (Phi) is 6.99. The summed E-state index contributed by atoms with van der Waals surface area (Å²) in [4.78, 5) is 32.7. The first-order chi connectivity index (χ1) is 16.2. The average molecular weight is 499 g/mol. The van der Waals surface area contributed by atoms with Crippen molar-refractivity contribution in [1.82, 2.24) is 9.88 Å². The first kappa shape index (κ1) is 23.9. The van der Waals surface area contributed by atoms with Gasteiger partial charge in [0.15, 0.2) is 10.9 Å². The zero-order valence-corrected chi connectivity index (χ0v) is 20.7. The van der Waals surface area contributed by atoms with Crippen LogP contribution in [0.5, 0.6) is 0 Å². The monoisotopic (exact) mass is 498 g/mol. The molecule has 0 saturated carbocycles. The van der Waals surface area contributed by atoms with Crippen molar-refractivity contribution < 1.29 is 18.0 Å². The highest BCUT2D eigenvalue weighted by molar-refractivity contribution is 7.93. The fraction of sp³-hybridized carbons (Fsp3) is 0.292. The van der Waals surface area contributed by atoms with Gasteiger partial charge in [0.25, 0.3) is 10.0 Å². The van der Waals surface area contributed by atoms with Crippen molar-refractivity contribution in [2.75, 3.05) is 35.8 Å². The normalized spacial score (nSPS) is 14.2.